The lowest BCUT2D eigenvalue weighted by Gasteiger charge is -2.00. The summed E-state index contributed by atoms with van der Waals surface area (Å²) in [6.45, 7) is 0. The lowest BCUT2D eigenvalue weighted by atomic mass is 10.0. The number of para-hydroxylation sites is 1. The smallest absolute Gasteiger partial charge is 0.0653 e. The molecule has 3 aromatic heterocycles. The second-order valence-electron chi connectivity index (χ2n) is 7.03. The van der Waals surface area contributed by atoms with E-state index in [1.165, 1.54) is 62.2 Å². The van der Waals surface area contributed by atoms with Gasteiger partial charge in [0.1, 0.15) is 0 Å². The Labute approximate surface area is 162 Å². The lowest BCUT2D eigenvalue weighted by Crippen LogP contribution is -1.74. The maximum Gasteiger partial charge on any atom is 0.0653 e. The average Bonchev–Trinajstić information content (AvgIpc) is 3.38. The minimum absolute atomic E-state index is 1.22. The van der Waals surface area contributed by atoms with E-state index in [2.05, 4.69) is 77.8 Å². The van der Waals surface area contributed by atoms with Crippen LogP contribution in [0.15, 0.2) is 72.8 Å². The fourth-order valence-corrected chi connectivity index (χ4v) is 7.04. The topological polar surface area (TPSA) is 15.8 Å². The second kappa shape index (κ2) is 4.89. The monoisotopic (exact) mass is 379 g/mol. The van der Waals surface area contributed by atoms with Gasteiger partial charge in [0.05, 0.1) is 10.2 Å². The summed E-state index contributed by atoms with van der Waals surface area (Å²) in [5.74, 6) is 0. The molecule has 0 saturated heterocycles. The Morgan fingerprint density at radius 3 is 1.89 bits per heavy atom. The van der Waals surface area contributed by atoms with E-state index in [4.69, 9.17) is 0 Å². The van der Waals surface area contributed by atoms with Crippen molar-refractivity contribution in [1.29, 1.82) is 0 Å². The van der Waals surface area contributed by atoms with E-state index < -0.39 is 0 Å². The van der Waals surface area contributed by atoms with Gasteiger partial charge >= 0.3 is 0 Å². The molecule has 1 N–H and O–H groups in total. The van der Waals surface area contributed by atoms with E-state index in [-0.39, 0.29) is 0 Å². The van der Waals surface area contributed by atoms with E-state index in [1.54, 1.807) is 0 Å². The van der Waals surface area contributed by atoms with Crippen LogP contribution >= 0.6 is 22.7 Å². The van der Waals surface area contributed by atoms with Gasteiger partial charge in [0.15, 0.2) is 0 Å². The first kappa shape index (κ1) is 14.2. The van der Waals surface area contributed by atoms with Crippen LogP contribution in [-0.2, 0) is 0 Å². The van der Waals surface area contributed by atoms with Gasteiger partial charge in [0.2, 0.25) is 0 Å². The summed E-state index contributed by atoms with van der Waals surface area (Å²) in [4.78, 5) is 3.74. The fourth-order valence-electron chi connectivity index (χ4n) is 4.49. The summed E-state index contributed by atoms with van der Waals surface area (Å²) < 4.78 is 5.52. The third-order valence-electron chi connectivity index (χ3n) is 5.60. The molecule has 4 aromatic carbocycles. The molecule has 0 unspecified atom stereocenters. The fraction of sp³-hybridized carbons (Fsp3) is 0. The maximum absolute atomic E-state index is 3.74. The quantitative estimate of drug-likeness (QED) is 0.274. The second-order valence-corrected chi connectivity index (χ2v) is 9.13. The standard InChI is InChI=1S/C24H13NS2/c1-4-10-16-13(7-1)19-20-14-8-2-5-11-17(14)26-23(20)21-15-9-3-6-12-18(15)27-24(21)22(19)25-16/h1-12,25H. The van der Waals surface area contributed by atoms with Gasteiger partial charge in [-0.3, -0.25) is 0 Å². The Hall–Kier alpha value is -2.88. The highest BCUT2D eigenvalue weighted by Crippen LogP contribution is 2.50. The van der Waals surface area contributed by atoms with Crippen LogP contribution in [0, 0.1) is 0 Å². The predicted octanol–water partition coefficient (Wildman–Crippen LogP) is 8.06. The summed E-state index contributed by atoms with van der Waals surface area (Å²) in [7, 11) is 0. The average molecular weight is 380 g/mol. The number of aromatic amines is 1. The van der Waals surface area contributed by atoms with Crippen LogP contribution in [0.5, 0.6) is 0 Å². The number of nitrogens with one attached hydrogen (secondary N) is 1. The molecule has 3 heteroatoms. The van der Waals surface area contributed by atoms with Gasteiger partial charge in [-0.1, -0.05) is 54.6 Å². The highest BCUT2D eigenvalue weighted by molar-refractivity contribution is 7.30. The molecule has 0 bridgehead atoms. The number of hydrogen-bond acceptors (Lipinski definition) is 2. The van der Waals surface area contributed by atoms with Crippen molar-refractivity contribution < 1.29 is 0 Å². The zero-order chi connectivity index (χ0) is 17.5. The van der Waals surface area contributed by atoms with Gasteiger partial charge in [0, 0.05) is 51.9 Å². The first-order valence-electron chi connectivity index (χ1n) is 9.05. The molecule has 0 fully saturated rings. The van der Waals surface area contributed by atoms with E-state index in [1.807, 2.05) is 22.7 Å². The Morgan fingerprint density at radius 1 is 0.519 bits per heavy atom. The summed E-state index contributed by atoms with van der Waals surface area (Å²) >= 11 is 3.84. The molecule has 0 radical (unpaired) electrons. The lowest BCUT2D eigenvalue weighted by molar-refractivity contribution is 1.57. The number of rotatable bonds is 0. The number of benzene rings is 4. The van der Waals surface area contributed by atoms with Crippen LogP contribution in [0.1, 0.15) is 0 Å². The van der Waals surface area contributed by atoms with Crippen LogP contribution in [0.3, 0.4) is 0 Å². The van der Waals surface area contributed by atoms with Gasteiger partial charge < -0.3 is 4.98 Å². The van der Waals surface area contributed by atoms with Gasteiger partial charge in [-0.2, -0.15) is 0 Å². The van der Waals surface area contributed by atoms with Crippen molar-refractivity contribution in [2.45, 2.75) is 0 Å². The Kier molecular flexibility index (Phi) is 2.57. The molecule has 0 aliphatic heterocycles. The number of thiophene rings is 2. The highest BCUT2D eigenvalue weighted by Gasteiger charge is 2.20. The molecule has 0 atom stereocenters. The minimum Gasteiger partial charge on any atom is -0.353 e. The summed E-state index contributed by atoms with van der Waals surface area (Å²) in [5, 5.41) is 8.24. The SMILES string of the molecule is c1ccc2c(c1)[nH]c1c3sc4ccccc4c3c3sc4ccccc4c3c21. The molecular weight excluding hydrogens is 366 g/mol. The van der Waals surface area contributed by atoms with E-state index in [0.29, 0.717) is 0 Å². The van der Waals surface area contributed by atoms with E-state index in [9.17, 15) is 0 Å². The predicted molar refractivity (Wildman–Crippen MR) is 122 cm³/mol. The van der Waals surface area contributed by atoms with Crippen LogP contribution < -0.4 is 0 Å². The zero-order valence-corrected chi connectivity index (χ0v) is 15.9. The van der Waals surface area contributed by atoms with Crippen molar-refractivity contribution in [3.63, 3.8) is 0 Å². The third kappa shape index (κ3) is 1.69. The molecule has 27 heavy (non-hydrogen) atoms. The van der Waals surface area contributed by atoms with E-state index in [0.717, 1.165) is 0 Å². The molecule has 0 saturated carbocycles. The molecule has 7 rings (SSSR count). The number of fused-ring (bicyclic) bond motifs is 12. The van der Waals surface area contributed by atoms with Crippen molar-refractivity contribution in [2.24, 2.45) is 0 Å². The van der Waals surface area contributed by atoms with Crippen LogP contribution in [-0.4, -0.2) is 4.98 Å². The molecule has 7 aromatic rings. The first-order valence-corrected chi connectivity index (χ1v) is 10.7. The van der Waals surface area contributed by atoms with Gasteiger partial charge in [-0.25, -0.2) is 0 Å². The molecule has 0 aliphatic rings. The molecule has 0 aliphatic carbocycles. The van der Waals surface area contributed by atoms with Gasteiger partial charge in [-0.15, -0.1) is 22.7 Å². The largest absolute Gasteiger partial charge is 0.353 e. The Morgan fingerprint density at radius 2 is 1.11 bits per heavy atom. The Balaban J connectivity index is 1.96. The normalized spacial score (nSPS) is 12.4. The van der Waals surface area contributed by atoms with Crippen molar-refractivity contribution >= 4 is 84.8 Å². The molecular formula is C24H13NS2. The third-order valence-corrected chi connectivity index (χ3v) is 7.98. The number of H-pyrrole nitrogens is 1. The Bertz CT molecular complexity index is 1680. The summed E-state index contributed by atoms with van der Waals surface area (Å²) in [6, 6.07) is 26.3. The highest BCUT2D eigenvalue weighted by atomic mass is 32.1. The molecule has 3 heterocycles. The van der Waals surface area contributed by atoms with E-state index >= 15 is 0 Å². The van der Waals surface area contributed by atoms with Crippen LogP contribution in [0.4, 0.5) is 0 Å². The molecule has 0 spiro atoms. The van der Waals surface area contributed by atoms with Crippen LogP contribution in [0.2, 0.25) is 0 Å². The summed E-state index contributed by atoms with van der Waals surface area (Å²) in [6.07, 6.45) is 0. The van der Waals surface area contributed by atoms with Gasteiger partial charge in [-0.05, 0) is 18.2 Å². The van der Waals surface area contributed by atoms with Crippen molar-refractivity contribution in [1.82, 2.24) is 4.98 Å². The van der Waals surface area contributed by atoms with Crippen molar-refractivity contribution in [3.05, 3.63) is 72.8 Å². The molecule has 126 valence electrons. The van der Waals surface area contributed by atoms with Crippen LogP contribution in [0.25, 0.3) is 62.2 Å². The first-order chi connectivity index (χ1) is 13.4. The number of aromatic nitrogens is 1. The minimum atomic E-state index is 1.22. The van der Waals surface area contributed by atoms with Crippen molar-refractivity contribution in [2.75, 3.05) is 0 Å². The molecule has 0 amide bonds. The zero-order valence-electron chi connectivity index (χ0n) is 14.2. The molecule has 1 nitrogen and oxygen atoms in total. The van der Waals surface area contributed by atoms with Gasteiger partial charge in [0.25, 0.3) is 0 Å². The number of hydrogen-bond donors (Lipinski definition) is 1. The maximum atomic E-state index is 3.74. The van der Waals surface area contributed by atoms with Crippen molar-refractivity contribution in [3.8, 4) is 0 Å². The summed E-state index contributed by atoms with van der Waals surface area (Å²) in [5.41, 5.74) is 2.50.